The molecule has 0 fully saturated rings. The molecule has 1 aliphatic rings. The molecule has 1 aromatic heterocycles. The van der Waals surface area contributed by atoms with Crippen LogP contribution in [0.3, 0.4) is 0 Å². The molecule has 26 heavy (non-hydrogen) atoms. The topological polar surface area (TPSA) is 59.5 Å². The largest absolute Gasteiger partial charge is 0.456 e. The van der Waals surface area contributed by atoms with Crippen molar-refractivity contribution < 1.29 is 13.2 Å². The highest BCUT2D eigenvalue weighted by Gasteiger charge is 2.34. The molecule has 0 radical (unpaired) electrons. The smallest absolute Gasteiger partial charge is 0.243 e. The molecule has 0 unspecified atom stereocenters. The molecule has 0 amide bonds. The quantitative estimate of drug-likeness (QED) is 0.692. The van der Waals surface area contributed by atoms with Crippen molar-refractivity contribution in [3.05, 3.63) is 84.2 Å². The minimum Gasteiger partial charge on any atom is -0.456 e. The van der Waals surface area contributed by atoms with Crippen molar-refractivity contribution in [2.24, 2.45) is 0 Å². The minimum absolute atomic E-state index is 0.365. The van der Waals surface area contributed by atoms with Crippen LogP contribution in [0.4, 0.5) is 0 Å². The van der Waals surface area contributed by atoms with Gasteiger partial charge in [-0.05, 0) is 47.9 Å². The summed E-state index contributed by atoms with van der Waals surface area (Å²) in [6.45, 7) is 0.828. The third kappa shape index (κ3) is 3.34. The first kappa shape index (κ1) is 16.8. The second kappa shape index (κ2) is 6.90. The molecule has 0 atom stereocenters. The zero-order valence-electron chi connectivity index (χ0n) is 14.1. The zero-order chi connectivity index (χ0) is 18.0. The molecule has 4 rings (SSSR count). The molecule has 0 spiro atoms. The van der Waals surface area contributed by atoms with Crippen LogP contribution in [-0.2, 0) is 23.0 Å². The number of hydrogen-bond acceptors (Lipinski definition) is 4. The summed E-state index contributed by atoms with van der Waals surface area (Å²) in [4.78, 5) is 4.38. The van der Waals surface area contributed by atoms with Crippen LogP contribution in [0.2, 0.25) is 0 Å². The van der Waals surface area contributed by atoms with Crippen molar-refractivity contribution in [3.63, 3.8) is 0 Å². The molecule has 3 aromatic rings. The van der Waals surface area contributed by atoms with E-state index in [1.165, 1.54) is 4.31 Å². The minimum atomic E-state index is -3.44. The predicted molar refractivity (Wildman–Crippen MR) is 98.5 cm³/mol. The number of sulfonamides is 1. The van der Waals surface area contributed by atoms with Crippen LogP contribution in [0.25, 0.3) is 0 Å². The monoisotopic (exact) mass is 366 g/mol. The highest BCUT2D eigenvalue weighted by atomic mass is 32.2. The maximum absolute atomic E-state index is 12.8. The van der Waals surface area contributed by atoms with Crippen molar-refractivity contribution in [2.45, 2.75) is 17.9 Å². The lowest BCUT2D eigenvalue weighted by Gasteiger charge is -2.14. The van der Waals surface area contributed by atoms with E-state index in [4.69, 9.17) is 4.74 Å². The Morgan fingerprint density at radius 2 is 1.85 bits per heavy atom. The van der Waals surface area contributed by atoms with Gasteiger partial charge in [0, 0.05) is 19.3 Å². The number of nitrogens with zero attached hydrogens (tertiary/aromatic N) is 2. The highest BCUT2D eigenvalue weighted by Crippen LogP contribution is 2.34. The van der Waals surface area contributed by atoms with Crippen LogP contribution >= 0.6 is 0 Å². The van der Waals surface area contributed by atoms with E-state index in [2.05, 4.69) is 4.98 Å². The molecule has 0 saturated carbocycles. The number of fused-ring (bicyclic) bond motifs is 1. The molecule has 1 aliphatic heterocycles. The standard InChI is InChI=1S/C20H18N2O3S/c23-26(24)20-9-8-18(25-19-7-4-11-21-14-19)13-17(20)15-22(26)12-10-16-5-2-1-3-6-16/h1-9,11,13-14H,10,12,15H2. The number of benzene rings is 2. The summed E-state index contributed by atoms with van der Waals surface area (Å²) < 4.78 is 32.8. The normalized spacial score (nSPS) is 15.5. The Hall–Kier alpha value is -2.70. The molecule has 0 N–H and O–H groups in total. The van der Waals surface area contributed by atoms with E-state index < -0.39 is 10.0 Å². The first-order chi connectivity index (χ1) is 12.6. The van der Waals surface area contributed by atoms with Crippen molar-refractivity contribution in [1.29, 1.82) is 0 Å². The van der Waals surface area contributed by atoms with E-state index in [0.717, 1.165) is 11.1 Å². The van der Waals surface area contributed by atoms with Gasteiger partial charge in [-0.3, -0.25) is 4.98 Å². The summed E-state index contributed by atoms with van der Waals surface area (Å²) in [6, 6.07) is 18.6. The van der Waals surface area contributed by atoms with Gasteiger partial charge in [0.05, 0.1) is 11.1 Å². The Morgan fingerprint density at radius 3 is 2.62 bits per heavy atom. The van der Waals surface area contributed by atoms with Crippen LogP contribution in [0.1, 0.15) is 11.1 Å². The first-order valence-corrected chi connectivity index (χ1v) is 9.82. The Balaban J connectivity index is 1.52. The molecule has 0 bridgehead atoms. The summed E-state index contributed by atoms with van der Waals surface area (Å²) >= 11 is 0. The van der Waals surface area contributed by atoms with E-state index in [0.29, 0.717) is 35.9 Å². The second-order valence-electron chi connectivity index (χ2n) is 6.13. The maximum atomic E-state index is 12.8. The van der Waals surface area contributed by atoms with Crippen LogP contribution in [0, 0.1) is 0 Å². The number of aromatic nitrogens is 1. The predicted octanol–water partition coefficient (Wildman–Crippen LogP) is 3.62. The number of hydrogen-bond donors (Lipinski definition) is 0. The molecule has 0 aliphatic carbocycles. The second-order valence-corrected chi connectivity index (χ2v) is 8.04. The van der Waals surface area contributed by atoms with Gasteiger partial charge in [0.15, 0.2) is 0 Å². The third-order valence-corrected chi connectivity index (χ3v) is 6.30. The average molecular weight is 366 g/mol. The van der Waals surface area contributed by atoms with Gasteiger partial charge in [-0.2, -0.15) is 4.31 Å². The Morgan fingerprint density at radius 1 is 1.00 bits per heavy atom. The number of rotatable bonds is 5. The lowest BCUT2D eigenvalue weighted by Crippen LogP contribution is -2.26. The van der Waals surface area contributed by atoms with Gasteiger partial charge in [0.25, 0.3) is 0 Å². The third-order valence-electron chi connectivity index (χ3n) is 4.36. The fraction of sp³-hybridized carbons (Fsp3) is 0.150. The Bertz CT molecular complexity index is 1010. The van der Waals surface area contributed by atoms with Crippen LogP contribution in [0.15, 0.2) is 78.0 Å². The summed E-state index contributed by atoms with van der Waals surface area (Å²) in [5, 5.41) is 0. The fourth-order valence-electron chi connectivity index (χ4n) is 3.05. The van der Waals surface area contributed by atoms with Gasteiger partial charge in [0.1, 0.15) is 11.5 Å². The Labute approximate surface area is 152 Å². The summed E-state index contributed by atoms with van der Waals surface area (Å²) in [5.41, 5.74) is 1.89. The average Bonchev–Trinajstić information content (AvgIpc) is 2.91. The number of pyridine rings is 1. The Kier molecular flexibility index (Phi) is 4.44. The molecule has 6 heteroatoms. The van der Waals surface area contributed by atoms with Gasteiger partial charge in [-0.1, -0.05) is 30.3 Å². The number of ether oxygens (including phenoxy) is 1. The highest BCUT2D eigenvalue weighted by molar-refractivity contribution is 7.89. The molecular formula is C20H18N2O3S. The van der Waals surface area contributed by atoms with Crippen LogP contribution < -0.4 is 4.74 Å². The van der Waals surface area contributed by atoms with Gasteiger partial charge < -0.3 is 4.74 Å². The summed E-state index contributed by atoms with van der Waals surface area (Å²) in [6.07, 6.45) is 3.98. The molecule has 132 valence electrons. The molecular weight excluding hydrogens is 348 g/mol. The van der Waals surface area contributed by atoms with Crippen molar-refractivity contribution in [3.8, 4) is 11.5 Å². The molecule has 2 aromatic carbocycles. The zero-order valence-corrected chi connectivity index (χ0v) is 14.9. The van der Waals surface area contributed by atoms with E-state index in [-0.39, 0.29) is 0 Å². The lowest BCUT2D eigenvalue weighted by atomic mass is 10.1. The first-order valence-electron chi connectivity index (χ1n) is 8.38. The van der Waals surface area contributed by atoms with Gasteiger partial charge in [-0.15, -0.1) is 0 Å². The van der Waals surface area contributed by atoms with Gasteiger partial charge in [-0.25, -0.2) is 8.42 Å². The van der Waals surface area contributed by atoms with E-state index >= 15 is 0 Å². The lowest BCUT2D eigenvalue weighted by molar-refractivity contribution is 0.427. The van der Waals surface area contributed by atoms with E-state index in [1.54, 1.807) is 36.7 Å². The van der Waals surface area contributed by atoms with Crippen molar-refractivity contribution >= 4 is 10.0 Å². The van der Waals surface area contributed by atoms with E-state index in [1.807, 2.05) is 36.4 Å². The van der Waals surface area contributed by atoms with Gasteiger partial charge >= 0.3 is 0 Å². The van der Waals surface area contributed by atoms with Crippen molar-refractivity contribution in [2.75, 3.05) is 6.54 Å². The fourth-order valence-corrected chi connectivity index (χ4v) is 4.66. The van der Waals surface area contributed by atoms with Gasteiger partial charge in [0.2, 0.25) is 10.0 Å². The molecule has 0 saturated heterocycles. The van der Waals surface area contributed by atoms with Crippen LogP contribution in [-0.4, -0.2) is 24.3 Å². The van der Waals surface area contributed by atoms with Crippen molar-refractivity contribution in [1.82, 2.24) is 9.29 Å². The molecule has 5 nitrogen and oxygen atoms in total. The molecule has 2 heterocycles. The van der Waals surface area contributed by atoms with Crippen LogP contribution in [0.5, 0.6) is 11.5 Å². The SMILES string of the molecule is O=S1(=O)c2ccc(Oc3cccnc3)cc2CN1CCc1ccccc1. The summed E-state index contributed by atoms with van der Waals surface area (Å²) in [5.74, 6) is 1.23. The maximum Gasteiger partial charge on any atom is 0.243 e. The van der Waals surface area contributed by atoms with E-state index in [9.17, 15) is 8.42 Å². The summed E-state index contributed by atoms with van der Waals surface area (Å²) in [7, 11) is -3.44.